The van der Waals surface area contributed by atoms with Gasteiger partial charge in [-0.2, -0.15) is 0 Å². The van der Waals surface area contributed by atoms with Crippen LogP contribution >= 0.6 is 0 Å². The predicted molar refractivity (Wildman–Crippen MR) is 76.3 cm³/mol. The Bertz CT molecular complexity index is 412. The second kappa shape index (κ2) is 5.88. The van der Waals surface area contributed by atoms with E-state index in [2.05, 4.69) is 34.3 Å². The summed E-state index contributed by atoms with van der Waals surface area (Å²) in [6, 6.07) is 4.31. The van der Waals surface area contributed by atoms with E-state index in [0.717, 1.165) is 32.0 Å². The Hall–Kier alpha value is -1.13. The van der Waals surface area contributed by atoms with Gasteiger partial charge in [-0.3, -0.25) is 0 Å². The molecule has 0 aliphatic carbocycles. The van der Waals surface area contributed by atoms with Crippen LogP contribution in [0.1, 0.15) is 31.7 Å². The number of pyridine rings is 1. The van der Waals surface area contributed by atoms with Crippen molar-refractivity contribution in [2.45, 2.75) is 44.9 Å². The second-order valence-electron chi connectivity index (χ2n) is 5.56. The number of fused-ring (bicyclic) bond motifs is 2. The van der Waals surface area contributed by atoms with Gasteiger partial charge in [-0.15, -0.1) is 0 Å². The average molecular weight is 261 g/mol. The number of hydrogen-bond acceptors (Lipinski definition) is 4. The third-order valence-corrected chi connectivity index (χ3v) is 3.93. The molecule has 1 aromatic heterocycles. The van der Waals surface area contributed by atoms with Crippen LogP contribution in [0.5, 0.6) is 0 Å². The number of rotatable bonds is 5. The van der Waals surface area contributed by atoms with E-state index in [1.807, 2.05) is 6.20 Å². The first-order valence-corrected chi connectivity index (χ1v) is 7.41. The van der Waals surface area contributed by atoms with Crippen molar-refractivity contribution in [3.63, 3.8) is 0 Å². The van der Waals surface area contributed by atoms with Crippen LogP contribution in [0.25, 0.3) is 0 Å². The van der Waals surface area contributed by atoms with E-state index in [4.69, 9.17) is 4.74 Å². The van der Waals surface area contributed by atoms with Crippen LogP contribution in [0.4, 0.5) is 5.82 Å². The van der Waals surface area contributed by atoms with Gasteiger partial charge in [0.1, 0.15) is 5.82 Å². The van der Waals surface area contributed by atoms with Crippen molar-refractivity contribution >= 4 is 5.82 Å². The summed E-state index contributed by atoms with van der Waals surface area (Å²) in [5, 5.41) is 3.44. The first-order valence-electron chi connectivity index (χ1n) is 7.41. The van der Waals surface area contributed by atoms with Crippen LogP contribution < -0.4 is 10.2 Å². The minimum absolute atomic E-state index is 0.419. The monoisotopic (exact) mass is 261 g/mol. The molecule has 0 radical (unpaired) electrons. The number of nitrogens with zero attached hydrogens (tertiary/aromatic N) is 2. The summed E-state index contributed by atoms with van der Waals surface area (Å²) in [4.78, 5) is 6.91. The van der Waals surface area contributed by atoms with Gasteiger partial charge in [-0.25, -0.2) is 4.98 Å². The van der Waals surface area contributed by atoms with E-state index in [1.54, 1.807) is 0 Å². The molecule has 4 heteroatoms. The van der Waals surface area contributed by atoms with Crippen LogP contribution in [0.15, 0.2) is 18.3 Å². The molecule has 2 aliphatic heterocycles. The molecule has 3 heterocycles. The van der Waals surface area contributed by atoms with E-state index in [9.17, 15) is 0 Å². The summed E-state index contributed by atoms with van der Waals surface area (Å²) in [5.41, 5.74) is 1.32. The summed E-state index contributed by atoms with van der Waals surface area (Å²) >= 11 is 0. The van der Waals surface area contributed by atoms with Crippen molar-refractivity contribution in [2.24, 2.45) is 0 Å². The maximum Gasteiger partial charge on any atom is 0.128 e. The minimum Gasteiger partial charge on any atom is -0.371 e. The molecule has 104 valence electrons. The Morgan fingerprint density at radius 2 is 2.16 bits per heavy atom. The van der Waals surface area contributed by atoms with E-state index < -0.39 is 0 Å². The highest BCUT2D eigenvalue weighted by Crippen LogP contribution is 2.28. The average Bonchev–Trinajstić information content (AvgIpc) is 2.78. The number of ether oxygens (including phenoxy) is 1. The van der Waals surface area contributed by atoms with Crippen molar-refractivity contribution in [1.82, 2.24) is 10.3 Å². The fraction of sp³-hybridized carbons (Fsp3) is 0.667. The Labute approximate surface area is 115 Å². The Morgan fingerprint density at radius 1 is 1.37 bits per heavy atom. The van der Waals surface area contributed by atoms with Gasteiger partial charge in [0, 0.05) is 25.8 Å². The van der Waals surface area contributed by atoms with Crippen LogP contribution in [0, 0.1) is 0 Å². The Kier molecular flexibility index (Phi) is 3.99. The van der Waals surface area contributed by atoms with Crippen molar-refractivity contribution in [3.05, 3.63) is 23.9 Å². The van der Waals surface area contributed by atoms with E-state index >= 15 is 0 Å². The predicted octanol–water partition coefficient (Wildman–Crippen LogP) is 1.95. The topological polar surface area (TPSA) is 37.4 Å². The molecule has 0 aromatic carbocycles. The zero-order valence-electron chi connectivity index (χ0n) is 11.6. The third-order valence-electron chi connectivity index (χ3n) is 3.93. The van der Waals surface area contributed by atoms with Crippen LogP contribution in [0.2, 0.25) is 0 Å². The molecule has 4 nitrogen and oxygen atoms in total. The zero-order valence-corrected chi connectivity index (χ0v) is 11.6. The molecule has 19 heavy (non-hydrogen) atoms. The largest absolute Gasteiger partial charge is 0.371 e. The highest BCUT2D eigenvalue weighted by atomic mass is 16.5. The number of nitrogens with one attached hydrogen (secondary N) is 1. The molecule has 0 saturated carbocycles. The van der Waals surface area contributed by atoms with Gasteiger partial charge in [0.15, 0.2) is 0 Å². The number of anilines is 1. The van der Waals surface area contributed by atoms with Crippen molar-refractivity contribution < 1.29 is 4.74 Å². The Morgan fingerprint density at radius 3 is 2.89 bits per heavy atom. The third kappa shape index (κ3) is 3.07. The lowest BCUT2D eigenvalue weighted by Crippen LogP contribution is -2.43. The highest BCUT2D eigenvalue weighted by molar-refractivity contribution is 5.42. The molecule has 2 atom stereocenters. The van der Waals surface area contributed by atoms with E-state index in [1.165, 1.54) is 24.8 Å². The van der Waals surface area contributed by atoms with E-state index in [0.29, 0.717) is 12.2 Å². The standard InChI is InChI=1S/C15H23N3O/c1-2-6-16-9-12-5-7-17-15(8-12)18-10-13-3-4-14(11-18)19-13/h5,7-8,13-14,16H,2-4,6,9-11H2,1H3. The molecule has 1 N–H and O–H groups in total. The summed E-state index contributed by atoms with van der Waals surface area (Å²) in [6.07, 6.45) is 6.35. The van der Waals surface area contributed by atoms with Gasteiger partial charge in [-0.1, -0.05) is 6.92 Å². The molecule has 2 bridgehead atoms. The van der Waals surface area contributed by atoms with Gasteiger partial charge in [0.2, 0.25) is 0 Å². The van der Waals surface area contributed by atoms with Crippen LogP contribution in [-0.2, 0) is 11.3 Å². The molecule has 0 amide bonds. The second-order valence-corrected chi connectivity index (χ2v) is 5.56. The maximum absolute atomic E-state index is 5.88. The summed E-state index contributed by atoms with van der Waals surface area (Å²) < 4.78 is 5.88. The van der Waals surface area contributed by atoms with E-state index in [-0.39, 0.29) is 0 Å². The fourth-order valence-electron chi connectivity index (χ4n) is 2.95. The van der Waals surface area contributed by atoms with Crippen molar-refractivity contribution in [3.8, 4) is 0 Å². The lowest BCUT2D eigenvalue weighted by molar-refractivity contribution is 0.0302. The van der Waals surface area contributed by atoms with Gasteiger partial charge in [-0.05, 0) is 43.5 Å². The number of morpholine rings is 1. The lowest BCUT2D eigenvalue weighted by atomic mass is 10.2. The van der Waals surface area contributed by atoms with Gasteiger partial charge in [0.25, 0.3) is 0 Å². The van der Waals surface area contributed by atoms with Crippen LogP contribution in [0.3, 0.4) is 0 Å². The molecule has 2 fully saturated rings. The molecular formula is C15H23N3O. The summed E-state index contributed by atoms with van der Waals surface area (Å²) in [7, 11) is 0. The normalized spacial score (nSPS) is 25.8. The summed E-state index contributed by atoms with van der Waals surface area (Å²) in [6.45, 7) is 6.18. The van der Waals surface area contributed by atoms with Gasteiger partial charge < -0.3 is 15.0 Å². The molecular weight excluding hydrogens is 238 g/mol. The molecule has 2 aliphatic rings. The van der Waals surface area contributed by atoms with Crippen molar-refractivity contribution in [1.29, 1.82) is 0 Å². The smallest absolute Gasteiger partial charge is 0.128 e. The lowest BCUT2D eigenvalue weighted by Gasteiger charge is -2.33. The minimum atomic E-state index is 0.419. The van der Waals surface area contributed by atoms with Crippen LogP contribution in [-0.4, -0.2) is 36.8 Å². The maximum atomic E-state index is 5.88. The number of aromatic nitrogens is 1. The highest BCUT2D eigenvalue weighted by Gasteiger charge is 2.34. The first-order chi connectivity index (χ1) is 9.35. The first kappa shape index (κ1) is 12.9. The SMILES string of the molecule is CCCNCc1ccnc(N2CC3CCC(C2)O3)c1. The summed E-state index contributed by atoms with van der Waals surface area (Å²) in [5.74, 6) is 1.11. The Balaban J connectivity index is 1.65. The number of hydrogen-bond donors (Lipinski definition) is 1. The van der Waals surface area contributed by atoms with Gasteiger partial charge >= 0.3 is 0 Å². The molecule has 1 aromatic rings. The molecule has 0 spiro atoms. The zero-order chi connectivity index (χ0) is 13.1. The molecule has 2 unspecified atom stereocenters. The van der Waals surface area contributed by atoms with Gasteiger partial charge in [0.05, 0.1) is 12.2 Å². The van der Waals surface area contributed by atoms with Crippen molar-refractivity contribution in [2.75, 3.05) is 24.5 Å². The molecule has 2 saturated heterocycles. The molecule has 3 rings (SSSR count). The quantitative estimate of drug-likeness (QED) is 0.822. The fourth-order valence-corrected chi connectivity index (χ4v) is 2.95.